The van der Waals surface area contributed by atoms with E-state index in [9.17, 15) is 14.4 Å². The second kappa shape index (κ2) is 8.58. The molecule has 0 fully saturated rings. The summed E-state index contributed by atoms with van der Waals surface area (Å²) < 4.78 is 9.95. The van der Waals surface area contributed by atoms with E-state index in [-0.39, 0.29) is 11.8 Å². The molecule has 0 spiro atoms. The van der Waals surface area contributed by atoms with Gasteiger partial charge in [-0.3, -0.25) is 4.79 Å². The Kier molecular flexibility index (Phi) is 6.22. The van der Waals surface area contributed by atoms with Gasteiger partial charge in [-0.15, -0.1) is 0 Å². The highest BCUT2D eigenvalue weighted by atomic mass is 16.5. The second-order valence-corrected chi connectivity index (χ2v) is 5.37. The molecule has 0 aliphatic heterocycles. The number of anilines is 1. The normalized spacial score (nSPS) is 10.2. The number of amides is 1. The minimum absolute atomic E-state index is 0.128. The molecule has 0 radical (unpaired) electrons. The second-order valence-electron chi connectivity index (χ2n) is 5.37. The molecule has 25 heavy (non-hydrogen) atoms. The third-order valence-electron chi connectivity index (χ3n) is 2.96. The van der Waals surface area contributed by atoms with Crippen molar-refractivity contribution in [2.75, 3.05) is 11.9 Å². The van der Waals surface area contributed by atoms with Crippen LogP contribution in [0.3, 0.4) is 0 Å². The van der Waals surface area contributed by atoms with Gasteiger partial charge in [-0.1, -0.05) is 6.07 Å². The number of benzene rings is 1. The first-order valence-corrected chi connectivity index (χ1v) is 7.65. The third kappa shape index (κ3) is 5.72. The van der Waals surface area contributed by atoms with Gasteiger partial charge in [0.1, 0.15) is 5.69 Å². The number of nitrogens with one attached hydrogen (secondary N) is 1. The number of pyridine rings is 1. The first-order valence-electron chi connectivity index (χ1n) is 7.65. The summed E-state index contributed by atoms with van der Waals surface area (Å²) in [6.07, 6.45) is 1.25. The number of hydrogen-bond donors (Lipinski definition) is 1. The highest BCUT2D eigenvalue weighted by Gasteiger charge is 2.12. The predicted molar refractivity (Wildman–Crippen MR) is 90.1 cm³/mol. The number of hydrogen-bond acceptors (Lipinski definition) is 6. The summed E-state index contributed by atoms with van der Waals surface area (Å²) in [6, 6.07) is 11.0. The number of ether oxygens (including phenoxy) is 2. The van der Waals surface area contributed by atoms with Crippen LogP contribution >= 0.6 is 0 Å². The van der Waals surface area contributed by atoms with E-state index in [1.165, 1.54) is 12.3 Å². The van der Waals surface area contributed by atoms with Crippen molar-refractivity contribution in [1.82, 2.24) is 4.98 Å². The average molecular weight is 342 g/mol. The van der Waals surface area contributed by atoms with Crippen LogP contribution in [0.4, 0.5) is 5.69 Å². The number of carbonyl (C=O) groups is 3. The van der Waals surface area contributed by atoms with E-state index in [2.05, 4.69) is 10.3 Å². The molecule has 7 heteroatoms. The van der Waals surface area contributed by atoms with E-state index in [0.717, 1.165) is 0 Å². The monoisotopic (exact) mass is 342 g/mol. The molecule has 1 aromatic carbocycles. The summed E-state index contributed by atoms with van der Waals surface area (Å²) in [5.74, 6) is -1.61. The van der Waals surface area contributed by atoms with E-state index in [4.69, 9.17) is 9.47 Å². The molecule has 0 aliphatic rings. The Balaban J connectivity index is 1.84. The summed E-state index contributed by atoms with van der Waals surface area (Å²) in [5.41, 5.74) is 0.983. The van der Waals surface area contributed by atoms with E-state index >= 15 is 0 Å². The van der Waals surface area contributed by atoms with E-state index in [1.54, 1.807) is 50.2 Å². The van der Waals surface area contributed by atoms with Gasteiger partial charge in [-0.2, -0.15) is 0 Å². The molecule has 0 unspecified atom stereocenters. The highest BCUT2D eigenvalue weighted by molar-refractivity contribution is 5.95. The van der Waals surface area contributed by atoms with Crippen LogP contribution < -0.4 is 5.32 Å². The van der Waals surface area contributed by atoms with Gasteiger partial charge in [0.2, 0.25) is 0 Å². The van der Waals surface area contributed by atoms with Crippen LogP contribution in [0, 0.1) is 0 Å². The molecule has 2 rings (SSSR count). The van der Waals surface area contributed by atoms with Crippen LogP contribution in [0.2, 0.25) is 0 Å². The Bertz CT molecular complexity index is 742. The summed E-state index contributed by atoms with van der Waals surface area (Å²) in [5, 5.41) is 2.57. The standard InChI is InChI=1S/C18H18N2O5/c1-12(2)25-17(22)13-6-8-14(9-7-13)20-16(21)11-24-18(23)15-5-3-4-10-19-15/h3-10,12H,11H2,1-2H3,(H,20,21). The van der Waals surface area contributed by atoms with Crippen molar-refractivity contribution in [2.24, 2.45) is 0 Å². The Labute approximate surface area is 145 Å². The fraction of sp³-hybridized carbons (Fsp3) is 0.222. The largest absolute Gasteiger partial charge is 0.459 e. The number of nitrogens with zero attached hydrogens (tertiary/aromatic N) is 1. The lowest BCUT2D eigenvalue weighted by Gasteiger charge is -2.09. The quantitative estimate of drug-likeness (QED) is 0.810. The molecule has 130 valence electrons. The zero-order valence-electron chi connectivity index (χ0n) is 13.9. The molecule has 0 aliphatic carbocycles. The van der Waals surface area contributed by atoms with Gasteiger partial charge < -0.3 is 14.8 Å². The maximum absolute atomic E-state index is 11.8. The summed E-state index contributed by atoms with van der Waals surface area (Å²) in [6.45, 7) is 3.09. The first kappa shape index (κ1) is 18.1. The van der Waals surface area contributed by atoms with Gasteiger partial charge in [-0.05, 0) is 50.2 Å². The van der Waals surface area contributed by atoms with Crippen LogP contribution in [0.15, 0.2) is 48.7 Å². The minimum Gasteiger partial charge on any atom is -0.459 e. The zero-order valence-corrected chi connectivity index (χ0v) is 13.9. The highest BCUT2D eigenvalue weighted by Crippen LogP contribution is 2.11. The molecule has 1 N–H and O–H groups in total. The lowest BCUT2D eigenvalue weighted by molar-refractivity contribution is -0.119. The van der Waals surface area contributed by atoms with E-state index < -0.39 is 24.5 Å². The van der Waals surface area contributed by atoms with Crippen LogP contribution in [-0.2, 0) is 14.3 Å². The number of carbonyl (C=O) groups excluding carboxylic acids is 3. The van der Waals surface area contributed by atoms with Gasteiger partial charge >= 0.3 is 11.9 Å². The maximum atomic E-state index is 11.8. The Morgan fingerprint density at radius 2 is 1.76 bits per heavy atom. The molecule has 0 saturated carbocycles. The van der Waals surface area contributed by atoms with Crippen LogP contribution in [0.1, 0.15) is 34.7 Å². The number of rotatable bonds is 6. The van der Waals surface area contributed by atoms with Gasteiger partial charge in [-0.25, -0.2) is 14.6 Å². The lowest BCUT2D eigenvalue weighted by Crippen LogP contribution is -2.21. The van der Waals surface area contributed by atoms with Crippen molar-refractivity contribution < 1.29 is 23.9 Å². The van der Waals surface area contributed by atoms with Crippen molar-refractivity contribution in [3.63, 3.8) is 0 Å². The minimum atomic E-state index is -0.678. The topological polar surface area (TPSA) is 94.6 Å². The zero-order chi connectivity index (χ0) is 18.2. The molecular formula is C18H18N2O5. The first-order chi connectivity index (χ1) is 12.0. The number of aromatic nitrogens is 1. The summed E-state index contributed by atoms with van der Waals surface area (Å²) in [4.78, 5) is 39.1. The molecule has 0 saturated heterocycles. The predicted octanol–water partition coefficient (Wildman–Crippen LogP) is 2.44. The van der Waals surface area contributed by atoms with Gasteiger partial charge in [0, 0.05) is 11.9 Å². The van der Waals surface area contributed by atoms with Crippen LogP contribution in [0.25, 0.3) is 0 Å². The SMILES string of the molecule is CC(C)OC(=O)c1ccc(NC(=O)COC(=O)c2ccccn2)cc1. The molecule has 1 aromatic heterocycles. The average Bonchev–Trinajstić information content (AvgIpc) is 2.60. The van der Waals surface area contributed by atoms with Crippen molar-refractivity contribution in [3.05, 3.63) is 59.9 Å². The van der Waals surface area contributed by atoms with Crippen molar-refractivity contribution in [2.45, 2.75) is 20.0 Å². The Morgan fingerprint density at radius 1 is 1.04 bits per heavy atom. The van der Waals surface area contributed by atoms with Gasteiger partial charge in [0.05, 0.1) is 11.7 Å². The number of esters is 2. The Hall–Kier alpha value is -3.22. The molecule has 1 heterocycles. The molecule has 2 aromatic rings. The van der Waals surface area contributed by atoms with E-state index in [0.29, 0.717) is 11.3 Å². The molecule has 0 atom stereocenters. The third-order valence-corrected chi connectivity index (χ3v) is 2.96. The smallest absolute Gasteiger partial charge is 0.357 e. The van der Waals surface area contributed by atoms with Crippen LogP contribution in [0.5, 0.6) is 0 Å². The molecule has 1 amide bonds. The molecular weight excluding hydrogens is 324 g/mol. The fourth-order valence-corrected chi connectivity index (χ4v) is 1.86. The van der Waals surface area contributed by atoms with Crippen molar-refractivity contribution >= 4 is 23.5 Å². The molecule has 7 nitrogen and oxygen atoms in total. The van der Waals surface area contributed by atoms with Crippen molar-refractivity contribution in [1.29, 1.82) is 0 Å². The van der Waals surface area contributed by atoms with E-state index in [1.807, 2.05) is 0 Å². The molecule has 0 bridgehead atoms. The maximum Gasteiger partial charge on any atom is 0.357 e. The van der Waals surface area contributed by atoms with Crippen molar-refractivity contribution in [3.8, 4) is 0 Å². The fourth-order valence-electron chi connectivity index (χ4n) is 1.86. The lowest BCUT2D eigenvalue weighted by atomic mass is 10.2. The van der Waals surface area contributed by atoms with Gasteiger partial charge in [0.15, 0.2) is 6.61 Å². The van der Waals surface area contributed by atoms with Gasteiger partial charge in [0.25, 0.3) is 5.91 Å². The van der Waals surface area contributed by atoms with Crippen LogP contribution in [-0.4, -0.2) is 35.5 Å². The summed E-state index contributed by atoms with van der Waals surface area (Å²) in [7, 11) is 0. The summed E-state index contributed by atoms with van der Waals surface area (Å²) >= 11 is 0. The Morgan fingerprint density at radius 3 is 2.36 bits per heavy atom.